The van der Waals surface area contributed by atoms with Crippen molar-refractivity contribution in [3.8, 4) is 5.75 Å². The van der Waals surface area contributed by atoms with E-state index in [1.807, 2.05) is 18.2 Å². The number of hydrogen-bond donors (Lipinski definition) is 2. The zero-order chi connectivity index (χ0) is 15.8. The average molecular weight is 303 g/mol. The first-order valence-corrected chi connectivity index (χ1v) is 8.42. The summed E-state index contributed by atoms with van der Waals surface area (Å²) in [5, 5.41) is 6.72. The molecule has 4 heteroatoms. The Morgan fingerprint density at radius 3 is 2.73 bits per heavy atom. The lowest BCUT2D eigenvalue weighted by atomic mass is 10.2. The highest BCUT2D eigenvalue weighted by molar-refractivity contribution is 5.79. The smallest absolute Gasteiger partial charge is 0.191 e. The molecule has 1 saturated carbocycles. The number of aliphatic imine (C=N–C) groups is 1. The second-order valence-electron chi connectivity index (χ2n) is 6.33. The minimum absolute atomic E-state index is 0.522. The highest BCUT2D eigenvalue weighted by atomic mass is 16.5. The molecule has 2 rings (SSSR count). The quantitative estimate of drug-likeness (QED) is 0.573. The van der Waals surface area contributed by atoms with Gasteiger partial charge in [0.25, 0.3) is 0 Å². The molecule has 1 aromatic carbocycles. The number of hydrogen-bond acceptors (Lipinski definition) is 2. The highest BCUT2D eigenvalue weighted by Crippen LogP contribution is 2.27. The van der Waals surface area contributed by atoms with E-state index >= 15 is 0 Å². The summed E-state index contributed by atoms with van der Waals surface area (Å²) < 4.78 is 5.89. The summed E-state index contributed by atoms with van der Waals surface area (Å²) in [5.41, 5.74) is 1.13. The number of nitrogens with zero attached hydrogens (tertiary/aromatic N) is 1. The van der Waals surface area contributed by atoms with E-state index in [1.165, 1.54) is 12.8 Å². The molecule has 0 aliphatic heterocycles. The summed E-state index contributed by atoms with van der Waals surface area (Å²) in [6.45, 7) is 9.68. The van der Waals surface area contributed by atoms with E-state index in [4.69, 9.17) is 4.74 Å². The number of nitrogens with one attached hydrogen (secondary N) is 2. The first-order valence-electron chi connectivity index (χ1n) is 8.42. The molecule has 0 bridgehead atoms. The van der Waals surface area contributed by atoms with Crippen LogP contribution in [0.4, 0.5) is 0 Å². The van der Waals surface area contributed by atoms with Crippen molar-refractivity contribution in [2.75, 3.05) is 19.7 Å². The van der Waals surface area contributed by atoms with Gasteiger partial charge in [-0.3, -0.25) is 0 Å². The van der Waals surface area contributed by atoms with Gasteiger partial charge in [-0.05, 0) is 37.7 Å². The van der Waals surface area contributed by atoms with Crippen molar-refractivity contribution in [2.45, 2.75) is 40.2 Å². The summed E-state index contributed by atoms with van der Waals surface area (Å²) in [6, 6.07) is 8.17. The SMILES string of the molecule is CCNC(=NCc1ccccc1OCC(C)C)NCC1CC1. The van der Waals surface area contributed by atoms with Crippen molar-refractivity contribution >= 4 is 5.96 Å². The second kappa shape index (κ2) is 8.66. The van der Waals surface area contributed by atoms with Crippen LogP contribution in [0.25, 0.3) is 0 Å². The van der Waals surface area contributed by atoms with Crippen LogP contribution < -0.4 is 15.4 Å². The summed E-state index contributed by atoms with van der Waals surface area (Å²) in [7, 11) is 0. The fourth-order valence-electron chi connectivity index (χ4n) is 2.10. The van der Waals surface area contributed by atoms with Gasteiger partial charge in [0.1, 0.15) is 5.75 Å². The Morgan fingerprint density at radius 2 is 2.05 bits per heavy atom. The predicted molar refractivity (Wildman–Crippen MR) is 92.3 cm³/mol. The van der Waals surface area contributed by atoms with Gasteiger partial charge in [-0.2, -0.15) is 0 Å². The molecule has 0 radical (unpaired) electrons. The number of rotatable bonds is 8. The Balaban J connectivity index is 1.95. The van der Waals surface area contributed by atoms with Crippen molar-refractivity contribution in [2.24, 2.45) is 16.8 Å². The molecule has 0 amide bonds. The summed E-state index contributed by atoms with van der Waals surface area (Å²) in [4.78, 5) is 4.69. The van der Waals surface area contributed by atoms with Crippen LogP contribution in [0.15, 0.2) is 29.3 Å². The third-order valence-corrected chi connectivity index (χ3v) is 3.55. The Hall–Kier alpha value is -1.71. The van der Waals surface area contributed by atoms with Crippen molar-refractivity contribution in [1.29, 1.82) is 0 Å². The van der Waals surface area contributed by atoms with Gasteiger partial charge in [-0.1, -0.05) is 32.0 Å². The highest BCUT2D eigenvalue weighted by Gasteiger charge is 2.21. The Morgan fingerprint density at radius 1 is 1.27 bits per heavy atom. The molecule has 2 N–H and O–H groups in total. The molecule has 0 heterocycles. The molecular weight excluding hydrogens is 274 g/mol. The first-order chi connectivity index (χ1) is 10.7. The molecule has 4 nitrogen and oxygen atoms in total. The number of ether oxygens (including phenoxy) is 1. The van der Waals surface area contributed by atoms with Crippen molar-refractivity contribution < 1.29 is 4.74 Å². The molecule has 1 aromatic rings. The zero-order valence-electron chi connectivity index (χ0n) is 14.1. The van der Waals surface area contributed by atoms with E-state index < -0.39 is 0 Å². The molecule has 22 heavy (non-hydrogen) atoms. The maximum atomic E-state index is 5.89. The maximum absolute atomic E-state index is 5.89. The molecule has 0 unspecified atom stereocenters. The third kappa shape index (κ3) is 5.96. The lowest BCUT2D eigenvalue weighted by molar-refractivity contribution is 0.268. The minimum atomic E-state index is 0.522. The van der Waals surface area contributed by atoms with E-state index in [9.17, 15) is 0 Å². The van der Waals surface area contributed by atoms with Gasteiger partial charge < -0.3 is 15.4 Å². The minimum Gasteiger partial charge on any atom is -0.493 e. The van der Waals surface area contributed by atoms with Crippen LogP contribution in [0.1, 0.15) is 39.2 Å². The van der Waals surface area contributed by atoms with Gasteiger partial charge in [0.2, 0.25) is 0 Å². The second-order valence-corrected chi connectivity index (χ2v) is 6.33. The van der Waals surface area contributed by atoms with Gasteiger partial charge in [0, 0.05) is 18.7 Å². The van der Waals surface area contributed by atoms with Crippen molar-refractivity contribution in [3.63, 3.8) is 0 Å². The molecule has 122 valence electrons. The van der Waals surface area contributed by atoms with E-state index in [2.05, 4.69) is 42.5 Å². The molecule has 0 atom stereocenters. The van der Waals surface area contributed by atoms with Crippen LogP contribution in [0.5, 0.6) is 5.75 Å². The number of para-hydroxylation sites is 1. The monoisotopic (exact) mass is 303 g/mol. The predicted octanol–water partition coefficient (Wildman–Crippen LogP) is 3.19. The molecule has 1 aliphatic rings. The number of benzene rings is 1. The summed E-state index contributed by atoms with van der Waals surface area (Å²) >= 11 is 0. The van der Waals surface area contributed by atoms with Crippen LogP contribution in [-0.4, -0.2) is 25.7 Å². The van der Waals surface area contributed by atoms with Crippen LogP contribution in [0.3, 0.4) is 0 Å². The van der Waals surface area contributed by atoms with Gasteiger partial charge in [0.15, 0.2) is 5.96 Å². The Labute approximate surface area is 134 Å². The van der Waals surface area contributed by atoms with Crippen LogP contribution in [0, 0.1) is 11.8 Å². The maximum Gasteiger partial charge on any atom is 0.191 e. The fraction of sp³-hybridized carbons (Fsp3) is 0.611. The van der Waals surface area contributed by atoms with E-state index in [-0.39, 0.29) is 0 Å². The van der Waals surface area contributed by atoms with Crippen molar-refractivity contribution in [3.05, 3.63) is 29.8 Å². The lowest BCUT2D eigenvalue weighted by Crippen LogP contribution is -2.38. The summed E-state index contributed by atoms with van der Waals surface area (Å²) in [5.74, 6) is 3.20. The van der Waals surface area contributed by atoms with Crippen LogP contribution in [0.2, 0.25) is 0 Å². The molecule has 0 saturated heterocycles. The topological polar surface area (TPSA) is 45.7 Å². The van der Waals surface area contributed by atoms with Crippen LogP contribution in [-0.2, 0) is 6.54 Å². The molecule has 0 aromatic heterocycles. The Bertz CT molecular complexity index is 481. The van der Waals surface area contributed by atoms with Gasteiger partial charge in [-0.25, -0.2) is 4.99 Å². The molecule has 0 spiro atoms. The molecule has 1 aliphatic carbocycles. The zero-order valence-corrected chi connectivity index (χ0v) is 14.1. The molecular formula is C18H29N3O. The summed E-state index contributed by atoms with van der Waals surface area (Å²) in [6.07, 6.45) is 2.69. The van der Waals surface area contributed by atoms with E-state index in [0.29, 0.717) is 12.5 Å². The first kappa shape index (κ1) is 16.7. The van der Waals surface area contributed by atoms with Gasteiger partial charge in [-0.15, -0.1) is 0 Å². The standard InChI is InChI=1S/C18H29N3O/c1-4-19-18(20-11-15-9-10-15)21-12-16-7-5-6-8-17(16)22-13-14(2)3/h5-8,14-15H,4,9-13H2,1-3H3,(H2,19,20,21). The van der Waals surface area contributed by atoms with Crippen molar-refractivity contribution in [1.82, 2.24) is 10.6 Å². The average Bonchev–Trinajstić information content (AvgIpc) is 3.33. The fourth-order valence-corrected chi connectivity index (χ4v) is 2.10. The normalized spacial score (nSPS) is 15.0. The molecule has 1 fully saturated rings. The third-order valence-electron chi connectivity index (χ3n) is 3.55. The van der Waals surface area contributed by atoms with E-state index in [0.717, 1.165) is 42.9 Å². The van der Waals surface area contributed by atoms with Gasteiger partial charge >= 0.3 is 0 Å². The lowest BCUT2D eigenvalue weighted by Gasteiger charge is -2.13. The Kier molecular flexibility index (Phi) is 6.56. The number of guanidine groups is 1. The van der Waals surface area contributed by atoms with E-state index in [1.54, 1.807) is 0 Å². The van der Waals surface area contributed by atoms with Crippen LogP contribution >= 0.6 is 0 Å². The van der Waals surface area contributed by atoms with Gasteiger partial charge in [0.05, 0.1) is 13.2 Å². The largest absolute Gasteiger partial charge is 0.493 e.